The lowest BCUT2D eigenvalue weighted by Crippen LogP contribution is -2.33. The topological polar surface area (TPSA) is 21.3 Å². The van der Waals surface area contributed by atoms with Crippen molar-refractivity contribution in [2.75, 3.05) is 19.7 Å². The fourth-order valence-electron chi connectivity index (χ4n) is 1.68. The highest BCUT2D eigenvalue weighted by molar-refractivity contribution is 6.30. The summed E-state index contributed by atoms with van der Waals surface area (Å²) in [6, 6.07) is 7.80. The number of rotatable bonds is 8. The quantitative estimate of drug-likeness (QED) is 0.723. The van der Waals surface area contributed by atoms with Crippen molar-refractivity contribution in [3.8, 4) is 0 Å². The van der Waals surface area contributed by atoms with Crippen molar-refractivity contribution in [1.82, 2.24) is 5.32 Å². The minimum Gasteiger partial charge on any atom is -0.376 e. The Morgan fingerprint density at radius 2 is 1.89 bits per heavy atom. The van der Waals surface area contributed by atoms with Gasteiger partial charge in [-0.25, -0.2) is 0 Å². The highest BCUT2D eigenvalue weighted by Crippen LogP contribution is 2.16. The molecule has 0 heterocycles. The second-order valence-corrected chi connectivity index (χ2v) is 5.90. The molecule has 0 aliphatic heterocycles. The van der Waals surface area contributed by atoms with Crippen LogP contribution in [0.25, 0.3) is 0 Å². The van der Waals surface area contributed by atoms with E-state index in [4.69, 9.17) is 16.3 Å². The van der Waals surface area contributed by atoms with Gasteiger partial charge in [0.15, 0.2) is 0 Å². The third-order valence-corrected chi connectivity index (χ3v) is 2.96. The zero-order valence-corrected chi connectivity index (χ0v) is 12.4. The van der Waals surface area contributed by atoms with Gasteiger partial charge in [-0.05, 0) is 30.7 Å². The largest absolute Gasteiger partial charge is 0.376 e. The summed E-state index contributed by atoms with van der Waals surface area (Å²) in [6.45, 7) is 10.1. The van der Waals surface area contributed by atoms with E-state index in [-0.39, 0.29) is 5.41 Å². The highest BCUT2D eigenvalue weighted by Gasteiger charge is 2.17. The van der Waals surface area contributed by atoms with Crippen LogP contribution in [0.3, 0.4) is 0 Å². The molecule has 1 aromatic carbocycles. The lowest BCUT2D eigenvalue weighted by atomic mass is 9.95. The van der Waals surface area contributed by atoms with Crippen molar-refractivity contribution in [2.45, 2.75) is 33.8 Å². The fraction of sp³-hybridized carbons (Fsp3) is 0.600. The Bertz CT molecular complexity index is 335. The van der Waals surface area contributed by atoms with Crippen LogP contribution in [0.4, 0.5) is 0 Å². The van der Waals surface area contributed by atoms with Gasteiger partial charge in [-0.3, -0.25) is 0 Å². The van der Waals surface area contributed by atoms with Crippen molar-refractivity contribution in [1.29, 1.82) is 0 Å². The monoisotopic (exact) mass is 269 g/mol. The Kier molecular flexibility index (Phi) is 6.69. The van der Waals surface area contributed by atoms with E-state index in [1.54, 1.807) is 0 Å². The molecule has 1 rings (SSSR count). The van der Waals surface area contributed by atoms with Gasteiger partial charge in [-0.2, -0.15) is 0 Å². The molecule has 0 bridgehead atoms. The molecule has 0 radical (unpaired) electrons. The Labute approximate surface area is 116 Å². The normalized spacial score (nSPS) is 11.8. The maximum Gasteiger partial charge on any atom is 0.0717 e. The van der Waals surface area contributed by atoms with Crippen LogP contribution < -0.4 is 5.32 Å². The summed E-state index contributed by atoms with van der Waals surface area (Å²) in [5.41, 5.74) is 1.33. The first kappa shape index (κ1) is 15.5. The average Bonchev–Trinajstić information content (AvgIpc) is 2.32. The van der Waals surface area contributed by atoms with Gasteiger partial charge in [0, 0.05) is 17.0 Å². The summed E-state index contributed by atoms with van der Waals surface area (Å²) >= 11 is 5.84. The van der Waals surface area contributed by atoms with Gasteiger partial charge in [0.05, 0.1) is 13.2 Å². The van der Waals surface area contributed by atoms with Crippen LogP contribution in [0.1, 0.15) is 32.8 Å². The van der Waals surface area contributed by atoms with Crippen molar-refractivity contribution in [2.24, 2.45) is 5.41 Å². The van der Waals surface area contributed by atoms with E-state index in [1.165, 1.54) is 6.42 Å². The number of hydrogen-bond acceptors (Lipinski definition) is 2. The SMILES string of the molecule is CCCNCC(C)(C)COCc1ccc(Cl)cc1. The predicted octanol–water partition coefficient (Wildman–Crippen LogP) is 3.88. The number of benzene rings is 1. The minimum atomic E-state index is 0.168. The Morgan fingerprint density at radius 1 is 1.22 bits per heavy atom. The fourth-order valence-corrected chi connectivity index (χ4v) is 1.81. The molecule has 0 fully saturated rings. The Balaban J connectivity index is 2.25. The molecule has 1 N–H and O–H groups in total. The second kappa shape index (κ2) is 7.78. The van der Waals surface area contributed by atoms with Gasteiger partial charge in [-0.1, -0.05) is 44.5 Å². The van der Waals surface area contributed by atoms with Gasteiger partial charge >= 0.3 is 0 Å². The van der Waals surface area contributed by atoms with Crippen LogP contribution >= 0.6 is 11.6 Å². The first-order valence-corrected chi connectivity index (χ1v) is 6.94. The molecule has 0 saturated heterocycles. The summed E-state index contributed by atoms with van der Waals surface area (Å²) in [5, 5.41) is 4.20. The van der Waals surface area contributed by atoms with E-state index in [9.17, 15) is 0 Å². The molecule has 0 unspecified atom stereocenters. The molecule has 1 aromatic rings. The molecule has 102 valence electrons. The van der Waals surface area contributed by atoms with E-state index in [1.807, 2.05) is 24.3 Å². The zero-order valence-electron chi connectivity index (χ0n) is 11.6. The first-order valence-electron chi connectivity index (χ1n) is 6.56. The van der Waals surface area contributed by atoms with Crippen LogP contribution in [-0.2, 0) is 11.3 Å². The molecule has 0 aromatic heterocycles. The average molecular weight is 270 g/mol. The molecule has 0 saturated carbocycles. The van der Waals surface area contributed by atoms with E-state index in [0.717, 1.165) is 30.3 Å². The standard InChI is InChI=1S/C15H24ClNO/c1-4-9-17-11-15(2,3)12-18-10-13-5-7-14(16)8-6-13/h5-8,17H,4,9-12H2,1-3H3. The predicted molar refractivity (Wildman–Crippen MR) is 78.0 cm³/mol. The summed E-state index contributed by atoms with van der Waals surface area (Å²) in [7, 11) is 0. The third-order valence-electron chi connectivity index (χ3n) is 2.71. The molecule has 0 aliphatic rings. The Hall–Kier alpha value is -0.570. The summed E-state index contributed by atoms with van der Waals surface area (Å²) in [6.07, 6.45) is 1.17. The van der Waals surface area contributed by atoms with Gasteiger partial charge in [0.1, 0.15) is 0 Å². The molecule has 18 heavy (non-hydrogen) atoms. The summed E-state index contributed by atoms with van der Waals surface area (Å²) in [4.78, 5) is 0. The molecule has 0 atom stereocenters. The summed E-state index contributed by atoms with van der Waals surface area (Å²) < 4.78 is 5.77. The third kappa shape index (κ3) is 6.39. The van der Waals surface area contributed by atoms with Crippen LogP contribution in [0.5, 0.6) is 0 Å². The molecule has 0 aliphatic carbocycles. The van der Waals surface area contributed by atoms with Gasteiger partial charge < -0.3 is 10.1 Å². The maximum atomic E-state index is 5.84. The lowest BCUT2D eigenvalue weighted by molar-refractivity contribution is 0.0513. The lowest BCUT2D eigenvalue weighted by Gasteiger charge is -2.24. The van der Waals surface area contributed by atoms with Crippen LogP contribution in [-0.4, -0.2) is 19.7 Å². The number of nitrogens with one attached hydrogen (secondary N) is 1. The van der Waals surface area contributed by atoms with E-state index in [2.05, 4.69) is 26.1 Å². The van der Waals surface area contributed by atoms with Gasteiger partial charge in [0.2, 0.25) is 0 Å². The van der Waals surface area contributed by atoms with E-state index >= 15 is 0 Å². The van der Waals surface area contributed by atoms with Crippen LogP contribution in [0, 0.1) is 5.41 Å². The first-order chi connectivity index (χ1) is 8.53. The molecule has 2 nitrogen and oxygen atoms in total. The molecule has 3 heteroatoms. The number of hydrogen-bond donors (Lipinski definition) is 1. The molecule has 0 spiro atoms. The number of halogens is 1. The minimum absolute atomic E-state index is 0.168. The van der Waals surface area contributed by atoms with Crippen molar-refractivity contribution >= 4 is 11.6 Å². The van der Waals surface area contributed by atoms with Crippen molar-refractivity contribution in [3.63, 3.8) is 0 Å². The smallest absolute Gasteiger partial charge is 0.0717 e. The number of ether oxygens (including phenoxy) is 1. The zero-order chi connectivity index (χ0) is 13.4. The van der Waals surface area contributed by atoms with Crippen molar-refractivity contribution < 1.29 is 4.74 Å². The van der Waals surface area contributed by atoms with Crippen molar-refractivity contribution in [3.05, 3.63) is 34.9 Å². The van der Waals surface area contributed by atoms with E-state index < -0.39 is 0 Å². The van der Waals surface area contributed by atoms with Crippen LogP contribution in [0.15, 0.2) is 24.3 Å². The Morgan fingerprint density at radius 3 is 2.50 bits per heavy atom. The maximum absolute atomic E-state index is 5.84. The molecular formula is C15H24ClNO. The highest BCUT2D eigenvalue weighted by atomic mass is 35.5. The van der Waals surface area contributed by atoms with Crippen LogP contribution in [0.2, 0.25) is 5.02 Å². The van der Waals surface area contributed by atoms with Gasteiger partial charge in [0.25, 0.3) is 0 Å². The van der Waals surface area contributed by atoms with Gasteiger partial charge in [-0.15, -0.1) is 0 Å². The molecule has 0 amide bonds. The second-order valence-electron chi connectivity index (χ2n) is 5.46. The summed E-state index contributed by atoms with van der Waals surface area (Å²) in [5.74, 6) is 0. The van der Waals surface area contributed by atoms with E-state index in [0.29, 0.717) is 6.61 Å². The molecular weight excluding hydrogens is 246 g/mol.